The molecule has 2 aliphatic rings. The monoisotopic (exact) mass is 412 g/mol. The Morgan fingerprint density at radius 3 is 2.74 bits per heavy atom. The van der Waals surface area contributed by atoms with Crippen LogP contribution in [0.3, 0.4) is 0 Å². The van der Waals surface area contributed by atoms with Gasteiger partial charge < -0.3 is 15.0 Å². The first-order chi connectivity index (χ1) is 15.2. The molecule has 1 fully saturated rings. The summed E-state index contributed by atoms with van der Waals surface area (Å²) in [5.41, 5.74) is 5.41. The van der Waals surface area contributed by atoms with E-state index < -0.39 is 0 Å². The average Bonchev–Trinajstić information content (AvgIpc) is 3.28. The summed E-state index contributed by atoms with van der Waals surface area (Å²) in [6, 6.07) is 15.3. The van der Waals surface area contributed by atoms with Crippen molar-refractivity contribution in [3.63, 3.8) is 0 Å². The van der Waals surface area contributed by atoms with Crippen LogP contribution in [0.15, 0.2) is 54.6 Å². The second-order valence-electron chi connectivity index (χ2n) is 7.84. The molecule has 1 aromatic heterocycles. The Bertz CT molecular complexity index is 1170. The summed E-state index contributed by atoms with van der Waals surface area (Å²) in [5.74, 6) is 1.46. The van der Waals surface area contributed by atoms with Crippen LogP contribution in [-0.4, -0.2) is 42.2 Å². The molecule has 0 saturated carbocycles. The zero-order valence-corrected chi connectivity index (χ0v) is 17.5. The number of aromatic nitrogens is 2. The highest BCUT2D eigenvalue weighted by molar-refractivity contribution is 6.04. The van der Waals surface area contributed by atoms with E-state index in [0.717, 1.165) is 47.8 Å². The smallest absolute Gasteiger partial charge is 0.255 e. The van der Waals surface area contributed by atoms with Crippen molar-refractivity contribution in [3.8, 4) is 11.4 Å². The molecule has 0 unspecified atom stereocenters. The minimum absolute atomic E-state index is 0.151. The zero-order chi connectivity index (χ0) is 21.2. The average molecular weight is 412 g/mol. The number of morpholine rings is 1. The largest absolute Gasteiger partial charge is 0.378 e. The number of anilines is 2. The molecule has 6 nitrogen and oxygen atoms in total. The maximum Gasteiger partial charge on any atom is 0.255 e. The maximum atomic E-state index is 12.8. The minimum atomic E-state index is -0.151. The normalized spacial score (nSPS) is 15.1. The van der Waals surface area contributed by atoms with Crippen LogP contribution >= 0.6 is 0 Å². The Labute approximate surface area is 181 Å². The number of nitrogens with one attached hydrogen (secondary N) is 1. The van der Waals surface area contributed by atoms with Gasteiger partial charge >= 0.3 is 0 Å². The summed E-state index contributed by atoms with van der Waals surface area (Å²) in [6.45, 7) is 5.05. The molecule has 2 heterocycles. The number of carbonyl (C=O) groups is 1. The molecule has 0 bridgehead atoms. The molecule has 6 heteroatoms. The van der Waals surface area contributed by atoms with Gasteiger partial charge in [0.05, 0.1) is 18.9 Å². The highest BCUT2D eigenvalue weighted by Crippen LogP contribution is 2.31. The highest BCUT2D eigenvalue weighted by atomic mass is 16.5. The molecule has 1 aliphatic carbocycles. The predicted molar refractivity (Wildman–Crippen MR) is 122 cm³/mol. The van der Waals surface area contributed by atoms with Gasteiger partial charge in [-0.05, 0) is 49.2 Å². The van der Waals surface area contributed by atoms with Crippen molar-refractivity contribution in [2.75, 3.05) is 36.5 Å². The predicted octanol–water partition coefficient (Wildman–Crippen LogP) is 4.11. The lowest BCUT2D eigenvalue weighted by Gasteiger charge is -2.29. The number of fused-ring (bicyclic) bond motifs is 1. The summed E-state index contributed by atoms with van der Waals surface area (Å²) in [4.78, 5) is 24.8. The Morgan fingerprint density at radius 2 is 1.90 bits per heavy atom. The lowest BCUT2D eigenvalue weighted by atomic mass is 10.1. The van der Waals surface area contributed by atoms with Crippen LogP contribution in [0.5, 0.6) is 0 Å². The number of aryl methyl sites for hydroxylation is 1. The van der Waals surface area contributed by atoms with Gasteiger partial charge in [0.1, 0.15) is 5.82 Å². The van der Waals surface area contributed by atoms with Crippen LogP contribution in [0, 0.1) is 6.92 Å². The molecule has 0 radical (unpaired) electrons. The van der Waals surface area contributed by atoms with Gasteiger partial charge in [-0.3, -0.25) is 4.79 Å². The molecule has 1 aliphatic heterocycles. The number of ether oxygens (including phenoxy) is 1. The first-order valence-corrected chi connectivity index (χ1v) is 10.6. The molecule has 1 N–H and O–H groups in total. The summed E-state index contributed by atoms with van der Waals surface area (Å²) in [5, 5.41) is 2.97. The van der Waals surface area contributed by atoms with Crippen LogP contribution < -0.4 is 10.2 Å². The van der Waals surface area contributed by atoms with E-state index in [-0.39, 0.29) is 5.91 Å². The Morgan fingerprint density at radius 1 is 1.06 bits per heavy atom. The zero-order valence-electron chi connectivity index (χ0n) is 17.5. The number of hydrogen-bond donors (Lipinski definition) is 1. The van der Waals surface area contributed by atoms with Gasteiger partial charge in [-0.1, -0.05) is 30.3 Å². The number of amides is 1. The van der Waals surface area contributed by atoms with E-state index in [1.54, 1.807) is 0 Å². The molecular formula is C25H24N4O2. The fourth-order valence-corrected chi connectivity index (χ4v) is 4.00. The summed E-state index contributed by atoms with van der Waals surface area (Å²) < 4.78 is 5.51. The molecular weight excluding hydrogens is 388 g/mol. The number of allylic oxidation sites excluding steroid dienone is 1. The Kier molecular flexibility index (Phi) is 5.22. The van der Waals surface area contributed by atoms with Gasteiger partial charge in [0, 0.05) is 35.5 Å². The molecule has 3 aromatic rings. The molecule has 156 valence electrons. The van der Waals surface area contributed by atoms with Crippen LogP contribution in [0.25, 0.3) is 17.5 Å². The van der Waals surface area contributed by atoms with Crippen molar-refractivity contribution in [3.05, 3.63) is 77.0 Å². The van der Waals surface area contributed by atoms with Gasteiger partial charge in [0.25, 0.3) is 5.91 Å². The topological polar surface area (TPSA) is 67.4 Å². The van der Waals surface area contributed by atoms with Crippen molar-refractivity contribution in [1.82, 2.24) is 9.97 Å². The van der Waals surface area contributed by atoms with Gasteiger partial charge in [-0.15, -0.1) is 0 Å². The third-order valence-corrected chi connectivity index (χ3v) is 5.58. The molecule has 0 atom stereocenters. The molecule has 1 amide bonds. The van der Waals surface area contributed by atoms with Crippen molar-refractivity contribution >= 4 is 23.5 Å². The molecule has 1 saturated heterocycles. The Hall–Kier alpha value is -3.51. The van der Waals surface area contributed by atoms with Crippen molar-refractivity contribution in [2.45, 2.75) is 13.3 Å². The van der Waals surface area contributed by atoms with Crippen molar-refractivity contribution < 1.29 is 9.53 Å². The lowest BCUT2D eigenvalue weighted by molar-refractivity contribution is 0.102. The fraction of sp³-hybridized carbons (Fsp3) is 0.240. The van der Waals surface area contributed by atoms with Gasteiger partial charge in [0.15, 0.2) is 5.82 Å². The van der Waals surface area contributed by atoms with Gasteiger partial charge in [-0.2, -0.15) is 0 Å². The van der Waals surface area contributed by atoms with E-state index in [4.69, 9.17) is 14.7 Å². The standard InChI is InChI=1S/C25H24N4O2/c1-17-5-2-8-20(15-17)26-25(30)19-7-3-6-18(16-19)23-27-22-10-4-9-21(22)24(28-23)29-11-13-31-14-12-29/h2-8,10,15-16H,9,11-14H2,1H3,(H,26,30). The van der Waals surface area contributed by atoms with Gasteiger partial charge in [-0.25, -0.2) is 9.97 Å². The Balaban J connectivity index is 1.46. The fourth-order valence-electron chi connectivity index (χ4n) is 4.00. The first-order valence-electron chi connectivity index (χ1n) is 10.6. The second-order valence-corrected chi connectivity index (χ2v) is 7.84. The molecule has 31 heavy (non-hydrogen) atoms. The number of nitrogens with zero attached hydrogens (tertiary/aromatic N) is 3. The third-order valence-electron chi connectivity index (χ3n) is 5.58. The number of rotatable bonds is 4. The van der Waals surface area contributed by atoms with E-state index in [9.17, 15) is 4.79 Å². The first kappa shape index (κ1) is 19.5. The quantitative estimate of drug-likeness (QED) is 0.699. The van der Waals surface area contributed by atoms with Crippen molar-refractivity contribution in [2.24, 2.45) is 0 Å². The van der Waals surface area contributed by atoms with E-state index in [1.807, 2.05) is 55.5 Å². The number of benzene rings is 2. The van der Waals surface area contributed by atoms with E-state index in [0.29, 0.717) is 24.6 Å². The molecule has 5 rings (SSSR count). The minimum Gasteiger partial charge on any atom is -0.378 e. The van der Waals surface area contributed by atoms with Crippen LogP contribution in [0.4, 0.5) is 11.5 Å². The lowest BCUT2D eigenvalue weighted by Crippen LogP contribution is -2.37. The summed E-state index contributed by atoms with van der Waals surface area (Å²) in [6.07, 6.45) is 5.03. The number of hydrogen-bond acceptors (Lipinski definition) is 5. The van der Waals surface area contributed by atoms with E-state index in [2.05, 4.69) is 22.4 Å². The van der Waals surface area contributed by atoms with E-state index >= 15 is 0 Å². The summed E-state index contributed by atoms with van der Waals surface area (Å²) >= 11 is 0. The third kappa shape index (κ3) is 4.07. The maximum absolute atomic E-state index is 12.8. The van der Waals surface area contributed by atoms with Crippen LogP contribution in [0.1, 0.15) is 27.2 Å². The van der Waals surface area contributed by atoms with Gasteiger partial charge in [0.2, 0.25) is 0 Å². The van der Waals surface area contributed by atoms with Crippen LogP contribution in [-0.2, 0) is 11.2 Å². The highest BCUT2D eigenvalue weighted by Gasteiger charge is 2.22. The van der Waals surface area contributed by atoms with Crippen LogP contribution in [0.2, 0.25) is 0 Å². The van der Waals surface area contributed by atoms with E-state index in [1.165, 1.54) is 5.56 Å². The molecule has 0 spiro atoms. The summed E-state index contributed by atoms with van der Waals surface area (Å²) in [7, 11) is 0. The van der Waals surface area contributed by atoms with Crippen molar-refractivity contribution in [1.29, 1.82) is 0 Å². The second kappa shape index (κ2) is 8.32. The molecule has 2 aromatic carbocycles. The SMILES string of the molecule is Cc1cccc(NC(=O)c2cccc(-c3nc4c(c(N5CCOCC5)n3)CC=C4)c2)c1. The number of carbonyl (C=O) groups excluding carboxylic acids is 1.